The lowest BCUT2D eigenvalue weighted by Crippen LogP contribution is -2.71. The lowest BCUT2D eigenvalue weighted by atomic mass is 9.77. The monoisotopic (exact) mass is 294 g/mol. The number of ether oxygens (including phenoxy) is 1. The maximum absolute atomic E-state index is 12.7. The first-order valence-electron chi connectivity index (χ1n) is 8.34. The van der Waals surface area contributed by atoms with Gasteiger partial charge in [-0.25, -0.2) is 0 Å². The number of piperazine rings is 1. The minimum atomic E-state index is -0.569. The Morgan fingerprint density at radius 1 is 1.19 bits per heavy atom. The minimum absolute atomic E-state index is 0.0707. The number of hydrogen-bond donors (Lipinski definition) is 1. The van der Waals surface area contributed by atoms with Gasteiger partial charge in [-0.05, 0) is 38.5 Å². The molecule has 0 radical (unpaired) electrons. The third-order valence-corrected chi connectivity index (χ3v) is 5.39. The van der Waals surface area contributed by atoms with Crippen molar-refractivity contribution in [3.8, 4) is 0 Å². The van der Waals surface area contributed by atoms with Gasteiger partial charge in [0.1, 0.15) is 11.6 Å². The number of amides is 2. The van der Waals surface area contributed by atoms with Crippen molar-refractivity contribution < 1.29 is 14.3 Å². The van der Waals surface area contributed by atoms with Crippen LogP contribution in [0.2, 0.25) is 0 Å². The van der Waals surface area contributed by atoms with E-state index < -0.39 is 5.54 Å². The van der Waals surface area contributed by atoms with Crippen LogP contribution in [-0.2, 0) is 14.3 Å². The lowest BCUT2D eigenvalue weighted by molar-refractivity contribution is -0.161. The zero-order valence-electron chi connectivity index (χ0n) is 12.9. The topological polar surface area (TPSA) is 58.6 Å². The van der Waals surface area contributed by atoms with Crippen molar-refractivity contribution in [1.82, 2.24) is 10.2 Å². The van der Waals surface area contributed by atoms with Gasteiger partial charge in [0.05, 0.1) is 0 Å². The molecule has 21 heavy (non-hydrogen) atoms. The average Bonchev–Trinajstić information content (AvgIpc) is 2.52. The van der Waals surface area contributed by atoms with Crippen LogP contribution in [0, 0.1) is 5.92 Å². The molecule has 0 aromatic rings. The molecule has 2 saturated heterocycles. The van der Waals surface area contributed by atoms with E-state index in [0.29, 0.717) is 5.92 Å². The summed E-state index contributed by atoms with van der Waals surface area (Å²) >= 11 is 0. The second kappa shape index (κ2) is 5.95. The summed E-state index contributed by atoms with van der Waals surface area (Å²) in [7, 11) is 0. The van der Waals surface area contributed by atoms with E-state index in [-0.39, 0.29) is 17.9 Å². The number of rotatable bonds is 2. The van der Waals surface area contributed by atoms with Crippen LogP contribution in [0.1, 0.15) is 51.9 Å². The highest BCUT2D eigenvalue weighted by Crippen LogP contribution is 2.37. The van der Waals surface area contributed by atoms with Gasteiger partial charge in [-0.2, -0.15) is 0 Å². The predicted molar refractivity (Wildman–Crippen MR) is 78.7 cm³/mol. The maximum atomic E-state index is 12.7. The molecule has 2 heterocycles. The van der Waals surface area contributed by atoms with Crippen molar-refractivity contribution in [2.24, 2.45) is 5.92 Å². The Morgan fingerprint density at radius 3 is 2.52 bits per heavy atom. The standard InChI is InChI=1S/C16H26N2O3/c1-12-14(19)18(11-13-5-9-21-10-6-13)16(15(20)17-12)7-3-2-4-8-16/h12-13H,2-11H2,1H3,(H,17,20). The zero-order valence-corrected chi connectivity index (χ0v) is 12.9. The molecule has 1 unspecified atom stereocenters. The zero-order chi connectivity index (χ0) is 14.9. The SMILES string of the molecule is CC1NC(=O)C2(CCCCC2)N(CC2CCOCC2)C1=O. The lowest BCUT2D eigenvalue weighted by Gasteiger charge is -2.50. The average molecular weight is 294 g/mol. The summed E-state index contributed by atoms with van der Waals surface area (Å²) in [6, 6.07) is -0.384. The van der Waals surface area contributed by atoms with Gasteiger partial charge in [0.25, 0.3) is 0 Å². The third-order valence-electron chi connectivity index (χ3n) is 5.39. The van der Waals surface area contributed by atoms with E-state index in [4.69, 9.17) is 4.74 Å². The van der Waals surface area contributed by atoms with Gasteiger partial charge in [0.2, 0.25) is 11.8 Å². The fourth-order valence-corrected chi connectivity index (χ4v) is 4.05. The van der Waals surface area contributed by atoms with Crippen LogP contribution in [0.3, 0.4) is 0 Å². The van der Waals surface area contributed by atoms with E-state index >= 15 is 0 Å². The molecule has 5 nitrogen and oxygen atoms in total. The summed E-state index contributed by atoms with van der Waals surface area (Å²) in [5.74, 6) is 0.643. The fraction of sp³-hybridized carbons (Fsp3) is 0.875. The summed E-state index contributed by atoms with van der Waals surface area (Å²) in [4.78, 5) is 27.3. The van der Waals surface area contributed by atoms with Crippen LogP contribution in [0.4, 0.5) is 0 Å². The molecule has 0 aromatic carbocycles. The van der Waals surface area contributed by atoms with Gasteiger partial charge in [-0.3, -0.25) is 9.59 Å². The van der Waals surface area contributed by atoms with Crippen LogP contribution in [-0.4, -0.2) is 48.1 Å². The van der Waals surface area contributed by atoms with Crippen molar-refractivity contribution in [3.63, 3.8) is 0 Å². The molecule has 1 N–H and O–H groups in total. The van der Waals surface area contributed by atoms with E-state index in [0.717, 1.165) is 58.3 Å². The van der Waals surface area contributed by atoms with Crippen molar-refractivity contribution in [2.75, 3.05) is 19.8 Å². The van der Waals surface area contributed by atoms with Crippen LogP contribution < -0.4 is 5.32 Å². The van der Waals surface area contributed by atoms with E-state index in [1.54, 1.807) is 6.92 Å². The number of nitrogens with zero attached hydrogens (tertiary/aromatic N) is 1. The first-order valence-corrected chi connectivity index (χ1v) is 8.34. The maximum Gasteiger partial charge on any atom is 0.246 e. The highest BCUT2D eigenvalue weighted by molar-refractivity contribution is 5.99. The molecular weight excluding hydrogens is 268 g/mol. The number of hydrogen-bond acceptors (Lipinski definition) is 3. The summed E-state index contributed by atoms with van der Waals surface area (Å²) in [5.41, 5.74) is -0.569. The second-order valence-corrected chi connectivity index (χ2v) is 6.79. The number of carbonyl (C=O) groups is 2. The van der Waals surface area contributed by atoms with Crippen LogP contribution >= 0.6 is 0 Å². The molecule has 3 aliphatic rings. The molecule has 1 atom stereocenters. The largest absolute Gasteiger partial charge is 0.381 e. The molecular formula is C16H26N2O3. The molecule has 0 aromatic heterocycles. The third kappa shape index (κ3) is 2.68. The molecule has 118 valence electrons. The van der Waals surface area contributed by atoms with E-state index in [2.05, 4.69) is 5.32 Å². The smallest absolute Gasteiger partial charge is 0.246 e. The quantitative estimate of drug-likeness (QED) is 0.839. The Labute approximate surface area is 126 Å². The molecule has 5 heteroatoms. The number of nitrogens with one attached hydrogen (secondary N) is 1. The van der Waals surface area contributed by atoms with Gasteiger partial charge in [0, 0.05) is 19.8 Å². The second-order valence-electron chi connectivity index (χ2n) is 6.79. The van der Waals surface area contributed by atoms with Gasteiger partial charge >= 0.3 is 0 Å². The first kappa shape index (κ1) is 14.8. The van der Waals surface area contributed by atoms with Crippen molar-refractivity contribution >= 4 is 11.8 Å². The molecule has 3 rings (SSSR count). The highest BCUT2D eigenvalue weighted by Gasteiger charge is 2.52. The predicted octanol–water partition coefficient (Wildman–Crippen LogP) is 1.46. The number of carbonyl (C=O) groups excluding carboxylic acids is 2. The van der Waals surface area contributed by atoms with Crippen LogP contribution in [0.25, 0.3) is 0 Å². The Bertz CT molecular complexity index is 412. The van der Waals surface area contributed by atoms with Crippen molar-refractivity contribution in [3.05, 3.63) is 0 Å². The Morgan fingerprint density at radius 2 is 1.86 bits per heavy atom. The van der Waals surface area contributed by atoms with Crippen LogP contribution in [0.15, 0.2) is 0 Å². The van der Waals surface area contributed by atoms with E-state index in [1.807, 2.05) is 4.90 Å². The summed E-state index contributed by atoms with van der Waals surface area (Å²) in [5, 5.41) is 2.90. The Balaban J connectivity index is 1.82. The van der Waals surface area contributed by atoms with Gasteiger partial charge < -0.3 is 15.0 Å². The van der Waals surface area contributed by atoms with Gasteiger partial charge in [0.15, 0.2) is 0 Å². The molecule has 1 spiro atoms. The molecule has 2 aliphatic heterocycles. The fourth-order valence-electron chi connectivity index (χ4n) is 4.05. The van der Waals surface area contributed by atoms with Crippen molar-refractivity contribution in [1.29, 1.82) is 0 Å². The molecule has 2 amide bonds. The molecule has 3 fully saturated rings. The van der Waals surface area contributed by atoms with Gasteiger partial charge in [-0.1, -0.05) is 19.3 Å². The first-order chi connectivity index (χ1) is 10.1. The van der Waals surface area contributed by atoms with E-state index in [1.165, 1.54) is 6.42 Å². The van der Waals surface area contributed by atoms with Crippen LogP contribution in [0.5, 0.6) is 0 Å². The summed E-state index contributed by atoms with van der Waals surface area (Å²) in [6.07, 6.45) is 6.88. The molecule has 1 aliphatic carbocycles. The highest BCUT2D eigenvalue weighted by atomic mass is 16.5. The Kier molecular flexibility index (Phi) is 4.20. The molecule has 0 bridgehead atoms. The van der Waals surface area contributed by atoms with Gasteiger partial charge in [-0.15, -0.1) is 0 Å². The normalized spacial score (nSPS) is 30.5. The Hall–Kier alpha value is -1.10. The minimum Gasteiger partial charge on any atom is -0.381 e. The van der Waals surface area contributed by atoms with E-state index in [9.17, 15) is 9.59 Å². The molecule has 1 saturated carbocycles. The van der Waals surface area contributed by atoms with Crippen molar-refractivity contribution in [2.45, 2.75) is 63.5 Å². The summed E-state index contributed by atoms with van der Waals surface area (Å²) < 4.78 is 5.41. The summed E-state index contributed by atoms with van der Waals surface area (Å²) in [6.45, 7) is 4.08.